The second kappa shape index (κ2) is 6.97. The van der Waals surface area contributed by atoms with Crippen LogP contribution in [-0.4, -0.2) is 30.0 Å². The molecule has 1 aliphatic heterocycles. The summed E-state index contributed by atoms with van der Waals surface area (Å²) >= 11 is 0. The summed E-state index contributed by atoms with van der Waals surface area (Å²) in [6.07, 6.45) is -0.763. The maximum atomic E-state index is 12.6. The van der Waals surface area contributed by atoms with Gasteiger partial charge in [0.15, 0.2) is 0 Å². The number of amides is 1. The molecule has 0 spiro atoms. The molecule has 3 rings (SSSR count). The first kappa shape index (κ1) is 17.0. The molecule has 1 amide bonds. The Morgan fingerprint density at radius 2 is 1.72 bits per heavy atom. The van der Waals surface area contributed by atoms with Crippen LogP contribution < -0.4 is 4.74 Å². The number of esters is 1. The van der Waals surface area contributed by atoms with Crippen molar-refractivity contribution >= 4 is 11.9 Å². The Balaban J connectivity index is 1.89. The average molecular weight is 339 g/mol. The molecule has 130 valence electrons. The van der Waals surface area contributed by atoms with E-state index >= 15 is 0 Å². The highest BCUT2D eigenvalue weighted by Crippen LogP contribution is 2.43. The third kappa shape index (κ3) is 3.22. The molecule has 2 aromatic rings. The van der Waals surface area contributed by atoms with Gasteiger partial charge in [0.05, 0.1) is 13.2 Å². The first-order chi connectivity index (χ1) is 12.0. The van der Waals surface area contributed by atoms with Crippen LogP contribution in [0.1, 0.15) is 37.1 Å². The van der Waals surface area contributed by atoms with Crippen LogP contribution in [0.5, 0.6) is 5.75 Å². The average Bonchev–Trinajstić information content (AvgIpc) is 2.64. The lowest BCUT2D eigenvalue weighted by atomic mass is 9.87. The summed E-state index contributed by atoms with van der Waals surface area (Å²) in [5.74, 6) is 0.145. The predicted octanol–water partition coefficient (Wildman–Crippen LogP) is 3.27. The molecule has 2 aromatic carbocycles. The molecule has 2 unspecified atom stereocenters. The predicted molar refractivity (Wildman–Crippen MR) is 93.0 cm³/mol. The fourth-order valence-electron chi connectivity index (χ4n) is 3.24. The minimum atomic E-state index is -0.763. The lowest BCUT2D eigenvalue weighted by Gasteiger charge is -2.49. The molecule has 1 saturated heterocycles. The van der Waals surface area contributed by atoms with Crippen molar-refractivity contribution < 1.29 is 19.1 Å². The Morgan fingerprint density at radius 1 is 1.08 bits per heavy atom. The fraction of sp³-hybridized carbons (Fsp3) is 0.300. The normalized spacial score (nSPS) is 20.6. The molecule has 3 atom stereocenters. The topological polar surface area (TPSA) is 55.8 Å². The second-order valence-corrected chi connectivity index (χ2v) is 6.08. The van der Waals surface area contributed by atoms with E-state index in [1.54, 1.807) is 12.0 Å². The highest BCUT2D eigenvalue weighted by atomic mass is 16.6. The summed E-state index contributed by atoms with van der Waals surface area (Å²) in [7, 11) is 1.62. The number of benzene rings is 2. The van der Waals surface area contributed by atoms with Crippen molar-refractivity contribution in [3.8, 4) is 5.75 Å². The van der Waals surface area contributed by atoms with Crippen LogP contribution in [0.2, 0.25) is 0 Å². The van der Waals surface area contributed by atoms with Gasteiger partial charge in [0, 0.05) is 6.92 Å². The van der Waals surface area contributed by atoms with Crippen LogP contribution in [0.25, 0.3) is 0 Å². The summed E-state index contributed by atoms with van der Waals surface area (Å²) < 4.78 is 10.5. The van der Waals surface area contributed by atoms with E-state index in [-0.39, 0.29) is 18.0 Å². The first-order valence-electron chi connectivity index (χ1n) is 8.21. The second-order valence-electron chi connectivity index (χ2n) is 6.08. The summed E-state index contributed by atoms with van der Waals surface area (Å²) in [6, 6.07) is 16.8. The van der Waals surface area contributed by atoms with Crippen molar-refractivity contribution in [2.75, 3.05) is 7.11 Å². The Kier molecular flexibility index (Phi) is 4.74. The summed E-state index contributed by atoms with van der Waals surface area (Å²) in [5.41, 5.74) is 1.95. The number of β-lactam (4-membered cyclic amide) rings is 1. The number of rotatable bonds is 5. The standard InChI is InChI=1S/C20H21NO4/c1-13(15-9-11-17(24-3)12-10-15)21-18(16-7-5-4-6-8-16)19(20(21)23)25-14(2)22/h4-13,18-19H,1-3H3/t13-,18?,19?/m0/s1. The number of hydrogen-bond acceptors (Lipinski definition) is 4. The highest BCUT2D eigenvalue weighted by Gasteiger charge is 2.52. The summed E-state index contributed by atoms with van der Waals surface area (Å²) in [4.78, 5) is 25.8. The highest BCUT2D eigenvalue weighted by molar-refractivity contribution is 5.91. The maximum absolute atomic E-state index is 12.6. The monoisotopic (exact) mass is 339 g/mol. The van der Waals surface area contributed by atoms with Gasteiger partial charge in [-0.15, -0.1) is 0 Å². The van der Waals surface area contributed by atoms with Crippen LogP contribution in [0.3, 0.4) is 0 Å². The van der Waals surface area contributed by atoms with Gasteiger partial charge >= 0.3 is 5.97 Å². The molecule has 0 N–H and O–H groups in total. The van der Waals surface area contributed by atoms with Gasteiger partial charge in [0.1, 0.15) is 11.8 Å². The molecule has 0 radical (unpaired) electrons. The van der Waals surface area contributed by atoms with Crippen molar-refractivity contribution in [3.05, 3.63) is 65.7 Å². The van der Waals surface area contributed by atoms with Crippen molar-refractivity contribution in [2.45, 2.75) is 32.0 Å². The zero-order chi connectivity index (χ0) is 18.0. The third-order valence-corrected chi connectivity index (χ3v) is 4.53. The molecule has 1 aliphatic rings. The number of likely N-dealkylation sites (tertiary alicyclic amines) is 1. The van der Waals surface area contributed by atoms with Crippen molar-refractivity contribution in [2.24, 2.45) is 0 Å². The molecule has 1 fully saturated rings. The molecule has 0 saturated carbocycles. The van der Waals surface area contributed by atoms with Gasteiger partial charge in [-0.1, -0.05) is 42.5 Å². The zero-order valence-electron chi connectivity index (χ0n) is 14.5. The van der Waals surface area contributed by atoms with Gasteiger partial charge in [-0.3, -0.25) is 9.59 Å². The number of nitrogens with zero attached hydrogens (tertiary/aromatic N) is 1. The van der Waals surface area contributed by atoms with Gasteiger partial charge in [-0.25, -0.2) is 0 Å². The Hall–Kier alpha value is -2.82. The van der Waals surface area contributed by atoms with Crippen molar-refractivity contribution in [1.82, 2.24) is 4.90 Å². The molecule has 25 heavy (non-hydrogen) atoms. The number of carbonyl (C=O) groups is 2. The Labute approximate surface area is 147 Å². The maximum Gasteiger partial charge on any atom is 0.303 e. The minimum Gasteiger partial charge on any atom is -0.497 e. The number of ether oxygens (including phenoxy) is 2. The fourth-order valence-corrected chi connectivity index (χ4v) is 3.24. The van der Waals surface area contributed by atoms with Gasteiger partial charge in [-0.05, 0) is 30.2 Å². The molecule has 0 aromatic heterocycles. The third-order valence-electron chi connectivity index (χ3n) is 4.53. The summed E-state index contributed by atoms with van der Waals surface area (Å²) in [6.45, 7) is 3.30. The van der Waals surface area contributed by atoms with E-state index in [1.807, 2.05) is 61.5 Å². The van der Waals surface area contributed by atoms with E-state index in [9.17, 15) is 9.59 Å². The number of carbonyl (C=O) groups excluding carboxylic acids is 2. The van der Waals surface area contributed by atoms with Gasteiger partial charge in [-0.2, -0.15) is 0 Å². The number of hydrogen-bond donors (Lipinski definition) is 0. The molecule has 1 heterocycles. The molecule has 5 nitrogen and oxygen atoms in total. The van der Waals surface area contributed by atoms with Gasteiger partial charge in [0.2, 0.25) is 6.10 Å². The lowest BCUT2D eigenvalue weighted by Crippen LogP contribution is -2.60. The minimum absolute atomic E-state index is 0.143. The lowest BCUT2D eigenvalue weighted by molar-refractivity contribution is -0.186. The Morgan fingerprint density at radius 3 is 2.28 bits per heavy atom. The Bertz CT molecular complexity index is 757. The van der Waals surface area contributed by atoms with Crippen LogP contribution in [-0.2, 0) is 14.3 Å². The van der Waals surface area contributed by atoms with E-state index in [1.165, 1.54) is 6.92 Å². The van der Waals surface area contributed by atoms with E-state index in [4.69, 9.17) is 9.47 Å². The molecule has 0 aliphatic carbocycles. The van der Waals surface area contributed by atoms with Crippen LogP contribution >= 0.6 is 0 Å². The van der Waals surface area contributed by atoms with Crippen LogP contribution in [0.4, 0.5) is 0 Å². The van der Waals surface area contributed by atoms with Crippen LogP contribution in [0, 0.1) is 0 Å². The van der Waals surface area contributed by atoms with Crippen molar-refractivity contribution in [1.29, 1.82) is 0 Å². The largest absolute Gasteiger partial charge is 0.497 e. The quantitative estimate of drug-likeness (QED) is 0.620. The molecular weight excluding hydrogens is 318 g/mol. The van der Waals surface area contributed by atoms with E-state index < -0.39 is 12.1 Å². The SMILES string of the molecule is COc1ccc([C@H](C)N2C(=O)C(OC(C)=O)C2c2ccccc2)cc1. The van der Waals surface area contributed by atoms with E-state index in [2.05, 4.69) is 0 Å². The van der Waals surface area contributed by atoms with Gasteiger partial charge < -0.3 is 14.4 Å². The zero-order valence-corrected chi connectivity index (χ0v) is 14.5. The van der Waals surface area contributed by atoms with Gasteiger partial charge in [0.25, 0.3) is 5.91 Å². The van der Waals surface area contributed by atoms with E-state index in [0.717, 1.165) is 16.9 Å². The van der Waals surface area contributed by atoms with Crippen LogP contribution in [0.15, 0.2) is 54.6 Å². The summed E-state index contributed by atoms with van der Waals surface area (Å²) in [5, 5.41) is 0. The number of methoxy groups -OCH3 is 1. The first-order valence-corrected chi connectivity index (χ1v) is 8.21. The molecular formula is C20H21NO4. The van der Waals surface area contributed by atoms with E-state index in [0.29, 0.717) is 0 Å². The van der Waals surface area contributed by atoms with Crippen molar-refractivity contribution in [3.63, 3.8) is 0 Å². The molecule has 5 heteroatoms. The molecule has 0 bridgehead atoms. The smallest absolute Gasteiger partial charge is 0.303 e.